The van der Waals surface area contributed by atoms with E-state index >= 15 is 0 Å². The summed E-state index contributed by atoms with van der Waals surface area (Å²) in [5.74, 6) is -1.60. The zero-order chi connectivity index (χ0) is 21.9. The van der Waals surface area contributed by atoms with Gasteiger partial charge >= 0.3 is 5.97 Å². The molecule has 0 aromatic heterocycles. The minimum Gasteiger partial charge on any atom is -0.469 e. The molecule has 0 bridgehead atoms. The molecule has 160 valence electrons. The normalized spacial score (nSPS) is 11.4. The Morgan fingerprint density at radius 3 is 2.27 bits per heavy atom. The van der Waals surface area contributed by atoms with Crippen LogP contribution in [0.1, 0.15) is 43.0 Å². The van der Waals surface area contributed by atoms with Crippen LogP contribution in [0.4, 0.5) is 0 Å². The molecule has 0 spiro atoms. The molecule has 7 nitrogen and oxygen atoms in total. The van der Waals surface area contributed by atoms with Crippen LogP contribution in [0.5, 0.6) is 0 Å². The van der Waals surface area contributed by atoms with Crippen molar-refractivity contribution in [2.45, 2.75) is 38.6 Å². The molecule has 0 saturated heterocycles. The molecule has 1 atom stereocenters. The molecule has 0 heterocycles. The molecule has 2 amide bonds. The molecule has 0 saturated carbocycles. The maximum absolute atomic E-state index is 12.7. The third-order valence-electron chi connectivity index (χ3n) is 4.70. The number of hydrogen-bond acceptors (Lipinski definition) is 5. The van der Waals surface area contributed by atoms with Gasteiger partial charge < -0.3 is 10.1 Å². The average Bonchev–Trinajstić information content (AvgIpc) is 2.79. The van der Waals surface area contributed by atoms with Gasteiger partial charge in [-0.2, -0.15) is 0 Å². The quantitative estimate of drug-likeness (QED) is 0.354. The fourth-order valence-electron chi connectivity index (χ4n) is 2.91. The molecule has 2 aromatic rings. The van der Waals surface area contributed by atoms with Crippen molar-refractivity contribution in [3.05, 3.63) is 60.2 Å². The van der Waals surface area contributed by atoms with Crippen LogP contribution >= 0.6 is 0 Å². The van der Waals surface area contributed by atoms with E-state index in [9.17, 15) is 19.6 Å². The number of rotatable bonds is 10. The smallest absolute Gasteiger partial charge is 0.305 e. The molecule has 1 unspecified atom stereocenters. The van der Waals surface area contributed by atoms with Crippen LogP contribution in [0.2, 0.25) is 0 Å². The Labute approximate surface area is 176 Å². The van der Waals surface area contributed by atoms with E-state index in [1.807, 2.05) is 49.4 Å². The number of hydroxylamine groups is 2. The Kier molecular flexibility index (Phi) is 9.03. The number of esters is 1. The minimum absolute atomic E-state index is 0.0303. The van der Waals surface area contributed by atoms with Gasteiger partial charge in [0, 0.05) is 18.5 Å². The zero-order valence-electron chi connectivity index (χ0n) is 17.3. The predicted molar refractivity (Wildman–Crippen MR) is 113 cm³/mol. The van der Waals surface area contributed by atoms with Crippen molar-refractivity contribution in [3.63, 3.8) is 0 Å². The summed E-state index contributed by atoms with van der Waals surface area (Å²) in [5, 5.41) is 13.2. The highest BCUT2D eigenvalue weighted by Crippen LogP contribution is 2.19. The van der Waals surface area contributed by atoms with Crippen molar-refractivity contribution in [3.8, 4) is 11.1 Å². The van der Waals surface area contributed by atoms with Gasteiger partial charge in [-0.25, -0.2) is 5.06 Å². The van der Waals surface area contributed by atoms with Gasteiger partial charge in [-0.05, 0) is 36.1 Å². The first-order chi connectivity index (χ1) is 14.5. The highest BCUT2D eigenvalue weighted by atomic mass is 16.5. The van der Waals surface area contributed by atoms with Crippen LogP contribution < -0.4 is 5.32 Å². The minimum atomic E-state index is -1.03. The van der Waals surface area contributed by atoms with E-state index in [2.05, 4.69) is 10.1 Å². The van der Waals surface area contributed by atoms with E-state index in [1.165, 1.54) is 7.11 Å². The van der Waals surface area contributed by atoms with Crippen molar-refractivity contribution in [2.24, 2.45) is 0 Å². The average molecular weight is 412 g/mol. The summed E-state index contributed by atoms with van der Waals surface area (Å²) in [6, 6.07) is 15.7. The number of methoxy groups -OCH3 is 1. The fraction of sp³-hybridized carbons (Fsp3) is 0.348. The molecular weight excluding hydrogens is 384 g/mol. The first-order valence-electron chi connectivity index (χ1n) is 9.99. The van der Waals surface area contributed by atoms with Crippen molar-refractivity contribution in [2.75, 3.05) is 13.7 Å². The molecule has 0 fully saturated rings. The Balaban J connectivity index is 2.10. The predicted octanol–water partition coefficient (Wildman–Crippen LogP) is 3.42. The summed E-state index contributed by atoms with van der Waals surface area (Å²) < 4.78 is 4.61. The van der Waals surface area contributed by atoms with Gasteiger partial charge in [0.1, 0.15) is 6.04 Å². The molecule has 2 rings (SSSR count). The monoisotopic (exact) mass is 412 g/mol. The maximum Gasteiger partial charge on any atom is 0.305 e. The molecule has 0 aliphatic rings. The van der Waals surface area contributed by atoms with Gasteiger partial charge in [0.2, 0.25) is 0 Å². The van der Waals surface area contributed by atoms with E-state index in [0.717, 1.165) is 17.5 Å². The molecule has 0 radical (unpaired) electrons. The SMILES string of the molecule is CCCCN(O)C(=O)C(CCC(=O)OC)NC(=O)c1ccc(-c2ccccc2)cc1. The van der Waals surface area contributed by atoms with Crippen LogP contribution in [0.15, 0.2) is 54.6 Å². The number of nitrogens with zero attached hydrogens (tertiary/aromatic N) is 1. The van der Waals surface area contributed by atoms with E-state index in [0.29, 0.717) is 17.0 Å². The third-order valence-corrected chi connectivity index (χ3v) is 4.70. The topological polar surface area (TPSA) is 95.9 Å². The highest BCUT2D eigenvalue weighted by Gasteiger charge is 2.26. The molecule has 30 heavy (non-hydrogen) atoms. The molecule has 2 aromatic carbocycles. The number of carbonyl (C=O) groups excluding carboxylic acids is 3. The van der Waals surface area contributed by atoms with Crippen molar-refractivity contribution >= 4 is 17.8 Å². The fourth-order valence-corrected chi connectivity index (χ4v) is 2.91. The van der Waals surface area contributed by atoms with Crippen molar-refractivity contribution < 1.29 is 24.3 Å². The Bertz CT molecular complexity index is 836. The van der Waals surface area contributed by atoms with E-state index in [4.69, 9.17) is 0 Å². The highest BCUT2D eigenvalue weighted by molar-refractivity contribution is 5.97. The molecule has 7 heteroatoms. The summed E-state index contributed by atoms with van der Waals surface area (Å²) in [6.45, 7) is 2.10. The first-order valence-corrected chi connectivity index (χ1v) is 9.99. The summed E-state index contributed by atoms with van der Waals surface area (Å²) in [5.41, 5.74) is 2.37. The van der Waals surface area contributed by atoms with Crippen LogP contribution in [-0.4, -0.2) is 47.8 Å². The van der Waals surface area contributed by atoms with Gasteiger partial charge in [-0.1, -0.05) is 55.8 Å². The van der Waals surface area contributed by atoms with E-state index in [-0.39, 0.29) is 19.4 Å². The second-order valence-electron chi connectivity index (χ2n) is 6.90. The number of ether oxygens (including phenoxy) is 1. The second-order valence-corrected chi connectivity index (χ2v) is 6.90. The number of amides is 2. The van der Waals surface area contributed by atoms with Crippen LogP contribution in [0, 0.1) is 0 Å². The van der Waals surface area contributed by atoms with Gasteiger partial charge in [-0.3, -0.25) is 19.6 Å². The summed E-state index contributed by atoms with van der Waals surface area (Å²) in [6.07, 6.45) is 1.41. The Morgan fingerprint density at radius 1 is 1.03 bits per heavy atom. The van der Waals surface area contributed by atoms with Crippen LogP contribution in [0.25, 0.3) is 11.1 Å². The van der Waals surface area contributed by atoms with E-state index < -0.39 is 23.8 Å². The zero-order valence-corrected chi connectivity index (χ0v) is 17.3. The lowest BCUT2D eigenvalue weighted by molar-refractivity contribution is -0.168. The Hall–Kier alpha value is -3.19. The second kappa shape index (κ2) is 11.7. The first kappa shape index (κ1) is 23.1. The van der Waals surface area contributed by atoms with Crippen molar-refractivity contribution in [1.82, 2.24) is 10.4 Å². The van der Waals surface area contributed by atoms with Gasteiger partial charge in [0.05, 0.1) is 7.11 Å². The van der Waals surface area contributed by atoms with Gasteiger partial charge in [0.15, 0.2) is 0 Å². The number of hydrogen-bond donors (Lipinski definition) is 2. The van der Waals surface area contributed by atoms with Gasteiger partial charge in [-0.15, -0.1) is 0 Å². The molecule has 2 N–H and O–H groups in total. The number of carbonyl (C=O) groups is 3. The van der Waals surface area contributed by atoms with Gasteiger partial charge in [0.25, 0.3) is 11.8 Å². The standard InChI is InChI=1S/C23H28N2O5/c1-3-4-16-25(29)23(28)20(14-15-21(26)30-2)24-22(27)19-12-10-18(11-13-19)17-8-6-5-7-9-17/h5-13,20,29H,3-4,14-16H2,1-2H3,(H,24,27). The summed E-state index contributed by atoms with van der Waals surface area (Å²) >= 11 is 0. The lowest BCUT2D eigenvalue weighted by Gasteiger charge is -2.23. The third kappa shape index (κ3) is 6.70. The largest absolute Gasteiger partial charge is 0.469 e. The molecular formula is C23H28N2O5. The molecule has 0 aliphatic carbocycles. The van der Waals surface area contributed by atoms with Crippen LogP contribution in [-0.2, 0) is 14.3 Å². The number of benzene rings is 2. The van der Waals surface area contributed by atoms with Crippen LogP contribution in [0.3, 0.4) is 0 Å². The summed E-state index contributed by atoms with van der Waals surface area (Å²) in [4.78, 5) is 36.7. The van der Waals surface area contributed by atoms with E-state index in [1.54, 1.807) is 12.1 Å². The lowest BCUT2D eigenvalue weighted by Crippen LogP contribution is -2.48. The molecule has 0 aliphatic heterocycles. The maximum atomic E-state index is 12.7. The summed E-state index contributed by atoms with van der Waals surface area (Å²) in [7, 11) is 1.26. The number of unbranched alkanes of at least 4 members (excludes halogenated alkanes) is 1. The number of nitrogens with one attached hydrogen (secondary N) is 1. The Morgan fingerprint density at radius 2 is 1.67 bits per heavy atom. The van der Waals surface area contributed by atoms with Crippen molar-refractivity contribution in [1.29, 1.82) is 0 Å². The lowest BCUT2D eigenvalue weighted by atomic mass is 10.0.